The Morgan fingerprint density at radius 3 is 2.66 bits per heavy atom. The second-order valence-corrected chi connectivity index (χ2v) is 9.57. The Kier molecular flexibility index (Phi) is 6.84. The summed E-state index contributed by atoms with van der Waals surface area (Å²) in [6.45, 7) is 9.80. The van der Waals surface area contributed by atoms with Gasteiger partial charge in [0.1, 0.15) is 12.2 Å². The van der Waals surface area contributed by atoms with E-state index in [-0.39, 0.29) is 12.2 Å². The van der Waals surface area contributed by atoms with E-state index < -0.39 is 5.60 Å². The van der Waals surface area contributed by atoms with Gasteiger partial charge in [0, 0.05) is 19.3 Å². The molecule has 4 rings (SSSR count). The molecule has 2 aliphatic rings. The number of likely N-dealkylation sites (tertiary alicyclic amines) is 1. The number of carbonyl (C=O) groups is 1. The maximum atomic E-state index is 11.8. The van der Waals surface area contributed by atoms with Gasteiger partial charge >= 0.3 is 6.09 Å². The number of nitrogens with zero attached hydrogens (tertiary/aromatic N) is 2. The number of alkyl carbamates (subject to hydrolysis) is 1. The molecule has 1 atom stereocenters. The maximum Gasteiger partial charge on any atom is 0.407 e. The number of hydrogen-bond donors (Lipinski definition) is 1. The van der Waals surface area contributed by atoms with Crippen molar-refractivity contribution in [1.82, 2.24) is 15.2 Å². The molecular formula is C25H33N3O4. The molecule has 0 spiro atoms. The van der Waals surface area contributed by atoms with Crippen molar-refractivity contribution in [3.8, 4) is 11.6 Å². The van der Waals surface area contributed by atoms with Crippen LogP contribution in [0.15, 0.2) is 42.6 Å². The van der Waals surface area contributed by atoms with E-state index in [1.807, 2.05) is 32.9 Å². The van der Waals surface area contributed by atoms with Crippen LogP contribution in [0.5, 0.6) is 11.6 Å². The van der Waals surface area contributed by atoms with Crippen LogP contribution < -0.4 is 14.8 Å². The summed E-state index contributed by atoms with van der Waals surface area (Å²) in [5.74, 6) is 1.75. The van der Waals surface area contributed by atoms with E-state index in [1.165, 1.54) is 5.56 Å². The highest BCUT2D eigenvalue weighted by Crippen LogP contribution is 2.34. The molecule has 0 unspecified atom stereocenters. The largest absolute Gasteiger partial charge is 0.484 e. The predicted octanol–water partition coefficient (Wildman–Crippen LogP) is 4.33. The van der Waals surface area contributed by atoms with Crippen molar-refractivity contribution in [2.45, 2.75) is 51.9 Å². The molecule has 7 heteroatoms. The van der Waals surface area contributed by atoms with Crippen LogP contribution in [0.2, 0.25) is 0 Å². The second kappa shape index (κ2) is 9.77. The third-order valence-electron chi connectivity index (χ3n) is 5.78. The average Bonchev–Trinajstić information content (AvgIpc) is 2.78. The number of aromatic nitrogens is 1. The van der Waals surface area contributed by atoms with E-state index in [1.54, 1.807) is 6.20 Å². The predicted molar refractivity (Wildman–Crippen MR) is 122 cm³/mol. The van der Waals surface area contributed by atoms with E-state index >= 15 is 0 Å². The van der Waals surface area contributed by atoms with E-state index in [0.717, 1.165) is 38.0 Å². The number of fused-ring (bicyclic) bond motifs is 1. The summed E-state index contributed by atoms with van der Waals surface area (Å²) in [7, 11) is 0. The third-order valence-corrected chi connectivity index (χ3v) is 5.78. The van der Waals surface area contributed by atoms with Gasteiger partial charge in [-0.2, -0.15) is 0 Å². The summed E-state index contributed by atoms with van der Waals surface area (Å²) in [6, 6.07) is 12.3. The number of pyridine rings is 1. The van der Waals surface area contributed by atoms with Crippen LogP contribution in [0.3, 0.4) is 0 Å². The molecule has 3 heterocycles. The first-order valence-electron chi connectivity index (χ1n) is 11.4. The second-order valence-electron chi connectivity index (χ2n) is 9.57. The summed E-state index contributed by atoms with van der Waals surface area (Å²) in [6.07, 6.45) is 3.40. The van der Waals surface area contributed by atoms with Gasteiger partial charge in [0.25, 0.3) is 5.88 Å². The van der Waals surface area contributed by atoms with E-state index in [4.69, 9.17) is 14.2 Å². The number of benzene rings is 1. The number of rotatable bonds is 5. The molecule has 7 nitrogen and oxygen atoms in total. The minimum atomic E-state index is -0.458. The average molecular weight is 440 g/mol. The standard InChI is InChI=1S/C25H33N3O4/c1-25(2,3)32-24(29)27-15-18-10-13-28(14-11-18)16-19-6-8-20(9-7-19)22-17-30-21-5-4-12-26-23(21)31-22/h4-9,12,18,22H,10-11,13-17H2,1-3H3,(H,27,29)/t22-/m1/s1. The molecular weight excluding hydrogens is 406 g/mol. The molecule has 32 heavy (non-hydrogen) atoms. The Hall–Kier alpha value is -2.80. The molecule has 0 aliphatic carbocycles. The van der Waals surface area contributed by atoms with Gasteiger partial charge in [-0.1, -0.05) is 24.3 Å². The molecule has 1 aromatic carbocycles. The number of hydrogen-bond acceptors (Lipinski definition) is 6. The fraction of sp³-hybridized carbons (Fsp3) is 0.520. The van der Waals surface area contributed by atoms with Gasteiger partial charge < -0.3 is 19.5 Å². The van der Waals surface area contributed by atoms with Gasteiger partial charge in [-0.3, -0.25) is 4.90 Å². The molecule has 1 fully saturated rings. The Morgan fingerprint density at radius 1 is 1.19 bits per heavy atom. The van der Waals surface area contributed by atoms with E-state index in [2.05, 4.69) is 39.5 Å². The minimum absolute atomic E-state index is 0.139. The quantitative estimate of drug-likeness (QED) is 0.748. The van der Waals surface area contributed by atoms with Crippen molar-refractivity contribution < 1.29 is 19.0 Å². The lowest BCUT2D eigenvalue weighted by molar-refractivity contribution is 0.0509. The SMILES string of the molecule is CC(C)(C)OC(=O)NCC1CCN(Cc2ccc([C@H]3COc4cccnc4O3)cc2)CC1. The van der Waals surface area contributed by atoms with Gasteiger partial charge in [-0.25, -0.2) is 9.78 Å². The van der Waals surface area contributed by atoms with Crippen molar-refractivity contribution in [2.75, 3.05) is 26.2 Å². The molecule has 1 aromatic heterocycles. The van der Waals surface area contributed by atoms with Crippen molar-refractivity contribution in [3.05, 3.63) is 53.7 Å². The Morgan fingerprint density at radius 2 is 1.94 bits per heavy atom. The molecule has 0 bridgehead atoms. The lowest BCUT2D eigenvalue weighted by atomic mass is 9.96. The summed E-state index contributed by atoms with van der Waals surface area (Å²) >= 11 is 0. The van der Waals surface area contributed by atoms with Gasteiger partial charge in [0.05, 0.1) is 0 Å². The summed E-state index contributed by atoms with van der Waals surface area (Å²) in [5.41, 5.74) is 1.92. The van der Waals surface area contributed by atoms with Crippen LogP contribution in [0.25, 0.3) is 0 Å². The van der Waals surface area contributed by atoms with Crippen LogP contribution in [-0.4, -0.2) is 47.8 Å². The normalized spacial score (nSPS) is 19.4. The van der Waals surface area contributed by atoms with Gasteiger partial charge in [0.2, 0.25) is 0 Å². The number of amides is 1. The summed E-state index contributed by atoms with van der Waals surface area (Å²) in [4.78, 5) is 18.6. The van der Waals surface area contributed by atoms with Crippen LogP contribution in [0, 0.1) is 5.92 Å². The molecule has 172 valence electrons. The monoisotopic (exact) mass is 439 g/mol. The van der Waals surface area contributed by atoms with Gasteiger partial charge in [-0.15, -0.1) is 0 Å². The molecule has 1 saturated heterocycles. The fourth-order valence-corrected chi connectivity index (χ4v) is 4.06. The first-order valence-corrected chi connectivity index (χ1v) is 11.4. The van der Waals surface area contributed by atoms with Crippen LogP contribution >= 0.6 is 0 Å². The number of piperidine rings is 1. The highest BCUT2D eigenvalue weighted by Gasteiger charge is 2.24. The van der Waals surface area contributed by atoms with E-state index in [9.17, 15) is 4.79 Å². The molecule has 2 aromatic rings. The minimum Gasteiger partial charge on any atom is -0.484 e. The maximum absolute atomic E-state index is 11.8. The summed E-state index contributed by atoms with van der Waals surface area (Å²) in [5, 5.41) is 2.91. The highest BCUT2D eigenvalue weighted by molar-refractivity contribution is 5.67. The van der Waals surface area contributed by atoms with Crippen LogP contribution in [0.4, 0.5) is 4.79 Å². The Bertz CT molecular complexity index is 902. The molecule has 1 N–H and O–H groups in total. The molecule has 1 amide bonds. The number of carbonyl (C=O) groups excluding carboxylic acids is 1. The van der Waals surface area contributed by atoms with Crippen LogP contribution in [0.1, 0.15) is 50.8 Å². The third kappa shape index (κ3) is 6.13. The zero-order valence-corrected chi connectivity index (χ0v) is 19.2. The Balaban J connectivity index is 1.21. The van der Waals surface area contributed by atoms with Gasteiger partial charge in [0.15, 0.2) is 11.9 Å². The Labute approximate surface area is 190 Å². The lowest BCUT2D eigenvalue weighted by Crippen LogP contribution is -2.40. The zero-order chi connectivity index (χ0) is 22.6. The van der Waals surface area contributed by atoms with Crippen LogP contribution in [-0.2, 0) is 11.3 Å². The van der Waals surface area contributed by atoms with Crippen molar-refractivity contribution in [2.24, 2.45) is 5.92 Å². The molecule has 2 aliphatic heterocycles. The number of ether oxygens (including phenoxy) is 3. The van der Waals surface area contributed by atoms with Crippen molar-refractivity contribution in [3.63, 3.8) is 0 Å². The topological polar surface area (TPSA) is 72.9 Å². The van der Waals surface area contributed by atoms with Crippen molar-refractivity contribution in [1.29, 1.82) is 0 Å². The fourth-order valence-electron chi connectivity index (χ4n) is 4.06. The van der Waals surface area contributed by atoms with Crippen molar-refractivity contribution >= 4 is 6.09 Å². The number of nitrogens with one attached hydrogen (secondary N) is 1. The first kappa shape index (κ1) is 22.4. The highest BCUT2D eigenvalue weighted by atomic mass is 16.6. The first-order chi connectivity index (χ1) is 15.4. The summed E-state index contributed by atoms with van der Waals surface area (Å²) < 4.78 is 17.1. The molecule has 0 radical (unpaired) electrons. The van der Waals surface area contributed by atoms with E-state index in [0.29, 0.717) is 30.7 Å². The zero-order valence-electron chi connectivity index (χ0n) is 19.2. The smallest absolute Gasteiger partial charge is 0.407 e. The van der Waals surface area contributed by atoms with Gasteiger partial charge in [-0.05, 0) is 75.9 Å². The lowest BCUT2D eigenvalue weighted by Gasteiger charge is -2.32. The molecule has 0 saturated carbocycles.